The van der Waals surface area contributed by atoms with Gasteiger partial charge >= 0.3 is 5.97 Å². The highest BCUT2D eigenvalue weighted by Crippen LogP contribution is 2.22. The lowest BCUT2D eigenvalue weighted by atomic mass is 10.1. The van der Waals surface area contributed by atoms with Crippen LogP contribution in [0.3, 0.4) is 0 Å². The molecule has 2 aromatic rings. The maximum atomic E-state index is 11.1. The fraction of sp³-hybridized carbons (Fsp3) is 0.308. The van der Waals surface area contributed by atoms with E-state index in [1.54, 1.807) is 39.0 Å². The van der Waals surface area contributed by atoms with Crippen LogP contribution in [0.2, 0.25) is 0 Å². The van der Waals surface area contributed by atoms with Gasteiger partial charge in [0.05, 0.1) is 0 Å². The van der Waals surface area contributed by atoms with Crippen molar-refractivity contribution in [3.8, 4) is 11.4 Å². The number of carbonyl (C=O) groups is 1. The first-order valence-electron chi connectivity index (χ1n) is 5.81. The van der Waals surface area contributed by atoms with Gasteiger partial charge in [-0.15, -0.1) is 0 Å². The Labute approximate surface area is 110 Å². The van der Waals surface area contributed by atoms with Gasteiger partial charge in [0.1, 0.15) is 5.54 Å². The largest absolute Gasteiger partial charge is 0.480 e. The van der Waals surface area contributed by atoms with Gasteiger partial charge in [-0.05, 0) is 26.0 Å². The molecule has 19 heavy (non-hydrogen) atoms. The van der Waals surface area contributed by atoms with E-state index in [-0.39, 0.29) is 0 Å². The van der Waals surface area contributed by atoms with E-state index in [0.717, 1.165) is 5.56 Å². The van der Waals surface area contributed by atoms with Crippen molar-refractivity contribution in [2.75, 3.05) is 5.32 Å². The van der Waals surface area contributed by atoms with Crippen LogP contribution in [0.25, 0.3) is 11.4 Å². The van der Waals surface area contributed by atoms with Crippen LogP contribution in [0.15, 0.2) is 28.8 Å². The third-order valence-corrected chi connectivity index (χ3v) is 2.64. The van der Waals surface area contributed by atoms with Gasteiger partial charge in [0.25, 0.3) is 0 Å². The lowest BCUT2D eigenvalue weighted by Crippen LogP contribution is -2.39. The summed E-state index contributed by atoms with van der Waals surface area (Å²) < 4.78 is 4.92. The molecule has 0 unspecified atom stereocenters. The van der Waals surface area contributed by atoms with Crippen LogP contribution in [0.1, 0.15) is 19.7 Å². The molecule has 100 valence electrons. The molecule has 0 spiro atoms. The molecule has 6 heteroatoms. The van der Waals surface area contributed by atoms with E-state index in [9.17, 15) is 4.79 Å². The average molecular weight is 261 g/mol. The molecule has 1 heterocycles. The number of rotatable bonds is 4. The van der Waals surface area contributed by atoms with Crippen molar-refractivity contribution in [2.45, 2.75) is 26.3 Å². The van der Waals surface area contributed by atoms with Gasteiger partial charge in [0.2, 0.25) is 11.7 Å². The number of benzene rings is 1. The second-order valence-electron chi connectivity index (χ2n) is 4.77. The third-order valence-electron chi connectivity index (χ3n) is 2.64. The quantitative estimate of drug-likeness (QED) is 0.878. The molecule has 0 aliphatic rings. The highest BCUT2D eigenvalue weighted by atomic mass is 16.5. The maximum absolute atomic E-state index is 11.1. The van der Waals surface area contributed by atoms with Gasteiger partial charge in [0, 0.05) is 18.2 Å². The molecule has 1 aromatic heterocycles. The summed E-state index contributed by atoms with van der Waals surface area (Å²) in [4.78, 5) is 15.2. The van der Waals surface area contributed by atoms with Crippen molar-refractivity contribution < 1.29 is 14.4 Å². The summed E-state index contributed by atoms with van der Waals surface area (Å²) >= 11 is 0. The van der Waals surface area contributed by atoms with E-state index in [1.807, 2.05) is 6.07 Å². The predicted octanol–water partition coefficient (Wildman–Crippen LogP) is 2.32. The first kappa shape index (κ1) is 13.1. The van der Waals surface area contributed by atoms with E-state index in [0.29, 0.717) is 17.4 Å². The highest BCUT2D eigenvalue weighted by molar-refractivity contribution is 5.82. The molecule has 0 saturated carbocycles. The summed E-state index contributed by atoms with van der Waals surface area (Å²) in [6, 6.07) is 7.22. The number of anilines is 1. The number of nitrogens with zero attached hydrogens (tertiary/aromatic N) is 2. The molecule has 0 aliphatic carbocycles. The molecule has 0 bridgehead atoms. The third kappa shape index (κ3) is 2.90. The number of aryl methyl sites for hydroxylation is 1. The van der Waals surface area contributed by atoms with E-state index < -0.39 is 11.5 Å². The molecular weight excluding hydrogens is 246 g/mol. The summed E-state index contributed by atoms with van der Waals surface area (Å²) in [5, 5.41) is 15.9. The number of carboxylic acid groups (broad SMARTS) is 1. The van der Waals surface area contributed by atoms with Crippen molar-refractivity contribution in [3.05, 3.63) is 30.2 Å². The molecule has 2 N–H and O–H groups in total. The van der Waals surface area contributed by atoms with Gasteiger partial charge in [-0.1, -0.05) is 17.3 Å². The Morgan fingerprint density at radius 1 is 1.42 bits per heavy atom. The molecule has 0 radical (unpaired) electrons. The zero-order valence-electron chi connectivity index (χ0n) is 11.0. The first-order chi connectivity index (χ1) is 8.88. The zero-order valence-corrected chi connectivity index (χ0v) is 11.0. The van der Waals surface area contributed by atoms with Gasteiger partial charge < -0.3 is 14.9 Å². The number of aromatic nitrogens is 2. The molecule has 2 rings (SSSR count). The van der Waals surface area contributed by atoms with Crippen molar-refractivity contribution in [2.24, 2.45) is 0 Å². The molecular formula is C13H15N3O3. The van der Waals surface area contributed by atoms with E-state index >= 15 is 0 Å². The summed E-state index contributed by atoms with van der Waals surface area (Å²) in [6.07, 6.45) is 0. The van der Waals surface area contributed by atoms with E-state index in [2.05, 4.69) is 15.5 Å². The Kier molecular flexibility index (Phi) is 3.25. The van der Waals surface area contributed by atoms with Crippen LogP contribution >= 0.6 is 0 Å². The first-order valence-corrected chi connectivity index (χ1v) is 5.81. The van der Waals surface area contributed by atoms with E-state index in [4.69, 9.17) is 9.63 Å². The SMILES string of the molecule is Cc1nc(-c2cccc(NC(C)(C)C(=O)O)c2)no1. The topological polar surface area (TPSA) is 88.2 Å². The zero-order chi connectivity index (χ0) is 14.0. The van der Waals surface area contributed by atoms with Gasteiger partial charge in [-0.2, -0.15) is 4.98 Å². The molecule has 0 fully saturated rings. The number of hydrogen-bond acceptors (Lipinski definition) is 5. The number of carboxylic acids is 1. The smallest absolute Gasteiger partial charge is 0.328 e. The Balaban J connectivity index is 2.27. The minimum absolute atomic E-state index is 0.481. The summed E-state index contributed by atoms with van der Waals surface area (Å²) in [5.41, 5.74) is 0.404. The summed E-state index contributed by atoms with van der Waals surface area (Å²) in [7, 11) is 0. The Morgan fingerprint density at radius 3 is 2.74 bits per heavy atom. The maximum Gasteiger partial charge on any atom is 0.328 e. The van der Waals surface area contributed by atoms with Crippen LogP contribution in [-0.4, -0.2) is 26.8 Å². The Bertz CT molecular complexity index is 605. The van der Waals surface area contributed by atoms with Gasteiger partial charge in [-0.25, -0.2) is 4.79 Å². The van der Waals surface area contributed by atoms with Crippen LogP contribution in [0, 0.1) is 6.92 Å². The van der Waals surface area contributed by atoms with Crippen molar-refractivity contribution >= 4 is 11.7 Å². The van der Waals surface area contributed by atoms with Crippen molar-refractivity contribution in [3.63, 3.8) is 0 Å². The molecule has 6 nitrogen and oxygen atoms in total. The molecule has 1 aromatic carbocycles. The molecule has 0 saturated heterocycles. The summed E-state index contributed by atoms with van der Waals surface area (Å²) in [5.74, 6) is 0.0433. The van der Waals surface area contributed by atoms with Crippen molar-refractivity contribution in [1.82, 2.24) is 10.1 Å². The standard InChI is InChI=1S/C13H15N3O3/c1-8-14-11(16-19-8)9-5-4-6-10(7-9)15-13(2,3)12(17)18/h4-7,15H,1-3H3,(H,17,18). The number of hydrogen-bond donors (Lipinski definition) is 2. The normalized spacial score (nSPS) is 11.3. The summed E-state index contributed by atoms with van der Waals surface area (Å²) in [6.45, 7) is 4.91. The Morgan fingerprint density at radius 2 is 2.16 bits per heavy atom. The average Bonchev–Trinajstić information content (AvgIpc) is 2.75. The monoisotopic (exact) mass is 261 g/mol. The lowest BCUT2D eigenvalue weighted by Gasteiger charge is -2.22. The van der Waals surface area contributed by atoms with E-state index in [1.165, 1.54) is 0 Å². The second-order valence-corrected chi connectivity index (χ2v) is 4.77. The molecule has 0 amide bonds. The number of nitrogens with one attached hydrogen (secondary N) is 1. The Hall–Kier alpha value is -2.37. The highest BCUT2D eigenvalue weighted by Gasteiger charge is 2.26. The molecule has 0 atom stereocenters. The fourth-order valence-corrected chi connectivity index (χ4v) is 1.57. The lowest BCUT2D eigenvalue weighted by molar-refractivity contribution is -0.141. The minimum Gasteiger partial charge on any atom is -0.480 e. The minimum atomic E-state index is -1.05. The van der Waals surface area contributed by atoms with Crippen molar-refractivity contribution in [1.29, 1.82) is 0 Å². The van der Waals surface area contributed by atoms with Crippen LogP contribution in [0.5, 0.6) is 0 Å². The van der Waals surface area contributed by atoms with Gasteiger partial charge in [-0.3, -0.25) is 0 Å². The number of aliphatic carboxylic acids is 1. The fourth-order valence-electron chi connectivity index (χ4n) is 1.57. The second kappa shape index (κ2) is 4.72. The van der Waals surface area contributed by atoms with Crippen LogP contribution < -0.4 is 5.32 Å². The van der Waals surface area contributed by atoms with Gasteiger partial charge in [0.15, 0.2) is 0 Å². The van der Waals surface area contributed by atoms with Crippen LogP contribution in [0.4, 0.5) is 5.69 Å². The molecule has 0 aliphatic heterocycles. The van der Waals surface area contributed by atoms with Crippen LogP contribution in [-0.2, 0) is 4.79 Å². The predicted molar refractivity (Wildman–Crippen MR) is 69.8 cm³/mol.